The molecule has 1 saturated heterocycles. The average Bonchev–Trinajstić information content (AvgIpc) is 3.61. The topological polar surface area (TPSA) is 193 Å². The zero-order valence-corrected chi connectivity index (χ0v) is 25.2. The highest BCUT2D eigenvalue weighted by Crippen LogP contribution is 2.47. The summed E-state index contributed by atoms with van der Waals surface area (Å²) in [5.41, 5.74) is 14.0. The van der Waals surface area contributed by atoms with Crippen molar-refractivity contribution in [2.24, 2.45) is 11.5 Å². The van der Waals surface area contributed by atoms with Gasteiger partial charge in [0.1, 0.15) is 11.9 Å². The van der Waals surface area contributed by atoms with Crippen LogP contribution < -0.4 is 22.5 Å². The highest BCUT2D eigenvalue weighted by molar-refractivity contribution is 5.94. The molecule has 0 saturated carbocycles. The van der Waals surface area contributed by atoms with E-state index in [0.717, 1.165) is 28.7 Å². The van der Waals surface area contributed by atoms with Gasteiger partial charge in [0.05, 0.1) is 24.1 Å². The van der Waals surface area contributed by atoms with Gasteiger partial charge >= 0.3 is 5.69 Å². The van der Waals surface area contributed by atoms with Crippen molar-refractivity contribution in [1.82, 2.24) is 25.0 Å². The lowest BCUT2D eigenvalue weighted by atomic mass is 9.67. The van der Waals surface area contributed by atoms with E-state index in [1.165, 1.54) is 4.68 Å². The molecule has 1 aromatic heterocycles. The molecule has 6 N–H and O–H groups in total. The summed E-state index contributed by atoms with van der Waals surface area (Å²) in [5, 5.41) is 17.6. The van der Waals surface area contributed by atoms with Gasteiger partial charge in [-0.05, 0) is 99.4 Å². The summed E-state index contributed by atoms with van der Waals surface area (Å²) in [4.78, 5) is 55.3. The lowest BCUT2D eigenvalue weighted by Gasteiger charge is -2.37. The third-order valence-corrected chi connectivity index (χ3v) is 8.83. The Kier molecular flexibility index (Phi) is 8.43. The molecule has 3 aromatic rings. The Morgan fingerprint density at radius 3 is 2.16 bits per heavy atom. The van der Waals surface area contributed by atoms with E-state index in [0.29, 0.717) is 49.2 Å². The molecule has 1 aliphatic heterocycles. The van der Waals surface area contributed by atoms with Crippen molar-refractivity contribution in [3.63, 3.8) is 0 Å². The number of nitrogens with two attached hydrogens (primary N) is 2. The first kappa shape index (κ1) is 30.7. The minimum atomic E-state index is -1.05. The van der Waals surface area contributed by atoms with E-state index in [-0.39, 0.29) is 30.2 Å². The van der Waals surface area contributed by atoms with E-state index in [1.54, 1.807) is 29.2 Å². The molecule has 12 nitrogen and oxygen atoms in total. The summed E-state index contributed by atoms with van der Waals surface area (Å²) in [6.07, 6.45) is 2.89. The summed E-state index contributed by atoms with van der Waals surface area (Å²) < 4.78 is 1.40. The van der Waals surface area contributed by atoms with Gasteiger partial charge in [0.25, 0.3) is 0 Å². The molecule has 230 valence electrons. The first-order valence-electron chi connectivity index (χ1n) is 14.9. The molecule has 1 unspecified atom stereocenters. The molecular weight excluding hydrogens is 560 g/mol. The molecule has 3 amide bonds. The van der Waals surface area contributed by atoms with Crippen LogP contribution in [0.2, 0.25) is 0 Å². The average molecular weight is 599 g/mol. The van der Waals surface area contributed by atoms with Crippen LogP contribution in [0.4, 0.5) is 0 Å². The number of aromatic nitrogens is 3. The molecule has 1 fully saturated rings. The first-order valence-corrected chi connectivity index (χ1v) is 14.9. The monoisotopic (exact) mass is 598 g/mol. The van der Waals surface area contributed by atoms with Crippen LogP contribution in [0.25, 0.3) is 0 Å². The smallest absolute Gasteiger partial charge is 0.343 e. The van der Waals surface area contributed by atoms with E-state index in [9.17, 15) is 24.4 Å². The van der Waals surface area contributed by atoms with Gasteiger partial charge < -0.3 is 21.7 Å². The molecule has 0 bridgehead atoms. The predicted molar refractivity (Wildman–Crippen MR) is 163 cm³/mol. The number of likely N-dealkylation sites (tertiary alicyclic amines) is 1. The van der Waals surface area contributed by atoms with Crippen LogP contribution in [0.3, 0.4) is 0 Å². The highest BCUT2D eigenvalue weighted by Gasteiger charge is 2.45. The van der Waals surface area contributed by atoms with Crippen LogP contribution in [0.1, 0.15) is 94.9 Å². The second-order valence-electron chi connectivity index (χ2n) is 12.1. The van der Waals surface area contributed by atoms with Gasteiger partial charge in [-0.3, -0.25) is 19.4 Å². The number of nitrogens with zero attached hydrogens (tertiary/aromatic N) is 4. The normalized spacial score (nSPS) is 17.8. The number of aromatic amines is 1. The lowest BCUT2D eigenvalue weighted by molar-refractivity contribution is -0.130. The molecule has 0 radical (unpaired) electrons. The molecule has 0 spiro atoms. The number of fused-ring (bicyclic) bond motifs is 2. The van der Waals surface area contributed by atoms with E-state index in [4.69, 9.17) is 16.6 Å². The van der Waals surface area contributed by atoms with Crippen LogP contribution in [0.15, 0.2) is 41.2 Å². The number of benzene rings is 2. The van der Waals surface area contributed by atoms with Crippen molar-refractivity contribution in [3.8, 4) is 6.07 Å². The van der Waals surface area contributed by atoms with Crippen molar-refractivity contribution in [2.75, 3.05) is 13.1 Å². The molecule has 44 heavy (non-hydrogen) atoms. The highest BCUT2D eigenvalue weighted by atomic mass is 16.2. The fourth-order valence-corrected chi connectivity index (χ4v) is 6.70. The lowest BCUT2D eigenvalue weighted by Crippen LogP contribution is -2.45. The van der Waals surface area contributed by atoms with E-state index < -0.39 is 23.3 Å². The zero-order valence-electron chi connectivity index (χ0n) is 25.2. The fraction of sp³-hybridized carbons (Fsp3) is 0.438. The van der Waals surface area contributed by atoms with Crippen LogP contribution >= 0.6 is 0 Å². The number of primary amides is 2. The number of aryl methyl sites for hydroxylation is 2. The van der Waals surface area contributed by atoms with Gasteiger partial charge in [0, 0.05) is 23.7 Å². The zero-order chi connectivity index (χ0) is 31.8. The van der Waals surface area contributed by atoms with Crippen LogP contribution in [-0.2, 0) is 23.1 Å². The third-order valence-electron chi connectivity index (χ3n) is 8.83. The quantitative estimate of drug-likeness (QED) is 0.288. The molecule has 5 rings (SSSR count). The summed E-state index contributed by atoms with van der Waals surface area (Å²) >= 11 is 0. The number of nitrogens with one attached hydrogen (secondary N) is 2. The molecular formula is C32H38N8O4. The fourth-order valence-electron chi connectivity index (χ4n) is 6.70. The maximum atomic E-state index is 13.2. The van der Waals surface area contributed by atoms with Crippen molar-refractivity contribution >= 4 is 17.7 Å². The number of nitriles is 1. The van der Waals surface area contributed by atoms with Crippen LogP contribution in [-0.4, -0.2) is 62.6 Å². The van der Waals surface area contributed by atoms with E-state index in [1.807, 2.05) is 32.9 Å². The van der Waals surface area contributed by atoms with Gasteiger partial charge in [0.15, 0.2) is 0 Å². The van der Waals surface area contributed by atoms with Crippen LogP contribution in [0, 0.1) is 11.3 Å². The maximum absolute atomic E-state index is 13.2. The number of carbonyl (C=O) groups is 3. The Morgan fingerprint density at radius 2 is 1.66 bits per heavy atom. The van der Waals surface area contributed by atoms with Crippen molar-refractivity contribution in [2.45, 2.75) is 76.4 Å². The summed E-state index contributed by atoms with van der Waals surface area (Å²) in [6.45, 7) is 6.28. The van der Waals surface area contributed by atoms with Crippen LogP contribution in [0.5, 0.6) is 0 Å². The van der Waals surface area contributed by atoms with E-state index in [2.05, 4.69) is 16.4 Å². The second kappa shape index (κ2) is 12.1. The number of amides is 3. The minimum absolute atomic E-state index is 0.0350. The van der Waals surface area contributed by atoms with Gasteiger partial charge in [-0.2, -0.15) is 10.4 Å². The Morgan fingerprint density at radius 1 is 1.07 bits per heavy atom. The molecule has 2 heterocycles. The van der Waals surface area contributed by atoms with Gasteiger partial charge in [0.2, 0.25) is 17.7 Å². The number of rotatable bonds is 9. The number of hydrogen-bond acceptors (Lipinski definition) is 7. The molecule has 12 heteroatoms. The van der Waals surface area contributed by atoms with E-state index >= 15 is 0 Å². The number of carbonyl (C=O) groups excluding carboxylic acids is 3. The van der Waals surface area contributed by atoms with Crippen molar-refractivity contribution in [3.05, 3.63) is 86.1 Å². The molecule has 2 atom stereocenters. The Hall–Kier alpha value is -4.76. The maximum Gasteiger partial charge on any atom is 0.343 e. The Bertz CT molecular complexity index is 1650. The Labute approximate surface area is 255 Å². The van der Waals surface area contributed by atoms with Crippen molar-refractivity contribution in [1.29, 1.82) is 5.26 Å². The SMILES string of the molecule is CC(C)n1nc(C2(C[C@@H](C)NCC(=O)N3CCCC3C#N)c3ccc(C(N)=O)cc3CCc3cc(C(N)=O)ccc32)[nH]c1=O. The Balaban J connectivity index is 1.67. The second-order valence-corrected chi connectivity index (χ2v) is 12.1. The number of hydrogen-bond donors (Lipinski definition) is 4. The van der Waals surface area contributed by atoms with Crippen molar-refractivity contribution < 1.29 is 14.4 Å². The van der Waals surface area contributed by atoms with Gasteiger partial charge in [-0.1, -0.05) is 12.1 Å². The minimum Gasteiger partial charge on any atom is -0.366 e. The molecule has 2 aliphatic rings. The summed E-state index contributed by atoms with van der Waals surface area (Å²) in [7, 11) is 0. The first-order chi connectivity index (χ1) is 21.0. The molecule has 1 aliphatic carbocycles. The van der Waals surface area contributed by atoms with Gasteiger partial charge in [-0.25, -0.2) is 9.48 Å². The molecule has 2 aromatic carbocycles. The summed E-state index contributed by atoms with van der Waals surface area (Å²) in [5.74, 6) is -0.853. The summed E-state index contributed by atoms with van der Waals surface area (Å²) in [6, 6.07) is 11.9. The standard InChI is InChI=1S/C32H38N8O4/c1-18(2)40-31(44)37-30(38-40)32(15-19(3)36-17-27(41)39-12-4-5-24(39)16-33)25-10-8-22(28(34)42)13-20(25)6-7-21-14-23(29(35)43)9-11-26(21)32/h8-11,13-14,18-19,24,36H,4-7,12,15,17H2,1-3H3,(H2,34,42)(H2,35,43)(H,37,38,44)/t19-,24?/m1/s1. The van der Waals surface area contributed by atoms with Gasteiger partial charge in [-0.15, -0.1) is 0 Å². The number of H-pyrrole nitrogens is 1. The largest absolute Gasteiger partial charge is 0.366 e. The predicted octanol–water partition coefficient (Wildman–Crippen LogP) is 1.67. The third kappa shape index (κ3) is 5.51.